The van der Waals surface area contributed by atoms with E-state index in [1.165, 1.54) is 7.11 Å². The minimum atomic E-state index is -0.337. The number of fused-ring (bicyclic) bond motifs is 1. The molecule has 0 spiro atoms. The van der Waals surface area contributed by atoms with Gasteiger partial charge in [-0.2, -0.15) is 0 Å². The third-order valence-corrected chi connectivity index (χ3v) is 3.79. The van der Waals surface area contributed by atoms with Gasteiger partial charge in [0.15, 0.2) is 5.76 Å². The van der Waals surface area contributed by atoms with E-state index in [0.29, 0.717) is 22.0 Å². The third kappa shape index (κ3) is 2.65. The number of carbonyl (C=O) groups is 1. The van der Waals surface area contributed by atoms with Crippen molar-refractivity contribution in [3.63, 3.8) is 0 Å². The Hall–Kier alpha value is -2.46. The molecule has 0 aliphatic carbocycles. The van der Waals surface area contributed by atoms with Gasteiger partial charge in [-0.05, 0) is 30.7 Å². The summed E-state index contributed by atoms with van der Waals surface area (Å²) in [4.78, 5) is 12.4. The molecule has 2 aromatic carbocycles. The van der Waals surface area contributed by atoms with E-state index < -0.39 is 0 Å². The zero-order valence-electron chi connectivity index (χ0n) is 12.1. The molecular formula is C17H14ClNO3. The van der Waals surface area contributed by atoms with Gasteiger partial charge in [-0.1, -0.05) is 29.8 Å². The normalized spacial score (nSPS) is 10.7. The van der Waals surface area contributed by atoms with E-state index in [4.69, 9.17) is 20.8 Å². The van der Waals surface area contributed by atoms with Gasteiger partial charge < -0.3 is 14.5 Å². The average Bonchev–Trinajstić information content (AvgIpc) is 2.94. The summed E-state index contributed by atoms with van der Waals surface area (Å²) >= 11 is 6.06. The maximum Gasteiger partial charge on any atom is 0.291 e. The molecule has 1 N–H and O–H groups in total. The Kier molecular flexibility index (Phi) is 3.77. The zero-order chi connectivity index (χ0) is 15.7. The molecule has 0 atom stereocenters. The second kappa shape index (κ2) is 5.73. The molecule has 0 saturated heterocycles. The summed E-state index contributed by atoms with van der Waals surface area (Å²) in [6.45, 7) is 1.86. The largest absolute Gasteiger partial charge is 0.495 e. The van der Waals surface area contributed by atoms with Gasteiger partial charge in [-0.25, -0.2) is 0 Å². The topological polar surface area (TPSA) is 51.5 Å². The summed E-state index contributed by atoms with van der Waals surface area (Å²) in [5.41, 5.74) is 2.07. The second-order valence-electron chi connectivity index (χ2n) is 4.90. The van der Waals surface area contributed by atoms with Crippen LogP contribution in [-0.4, -0.2) is 13.0 Å². The van der Waals surface area contributed by atoms with Crippen LogP contribution in [-0.2, 0) is 0 Å². The van der Waals surface area contributed by atoms with Gasteiger partial charge in [0.1, 0.15) is 11.3 Å². The van der Waals surface area contributed by atoms with Gasteiger partial charge in [-0.15, -0.1) is 0 Å². The van der Waals surface area contributed by atoms with Crippen LogP contribution >= 0.6 is 11.6 Å². The monoisotopic (exact) mass is 315 g/mol. The Morgan fingerprint density at radius 1 is 1.23 bits per heavy atom. The molecule has 3 aromatic rings. The van der Waals surface area contributed by atoms with Crippen molar-refractivity contribution >= 4 is 34.2 Å². The zero-order valence-corrected chi connectivity index (χ0v) is 12.9. The average molecular weight is 316 g/mol. The summed E-state index contributed by atoms with van der Waals surface area (Å²) in [7, 11) is 1.53. The predicted octanol–water partition coefficient (Wildman–Crippen LogP) is 4.66. The van der Waals surface area contributed by atoms with Crippen molar-refractivity contribution in [2.45, 2.75) is 6.92 Å². The molecule has 4 nitrogen and oxygen atoms in total. The van der Waals surface area contributed by atoms with Crippen LogP contribution in [0.2, 0.25) is 5.02 Å². The molecule has 0 unspecified atom stereocenters. The minimum absolute atomic E-state index is 0.246. The van der Waals surface area contributed by atoms with E-state index in [1.807, 2.05) is 31.2 Å². The predicted molar refractivity (Wildman–Crippen MR) is 86.9 cm³/mol. The number of carbonyl (C=O) groups excluding carboxylic acids is 1. The summed E-state index contributed by atoms with van der Waals surface area (Å²) in [5.74, 6) is 0.409. The first kappa shape index (κ1) is 14.5. The van der Waals surface area contributed by atoms with Crippen LogP contribution in [0.1, 0.15) is 16.1 Å². The number of para-hydroxylation sites is 1. The van der Waals surface area contributed by atoms with Gasteiger partial charge in [0.05, 0.1) is 12.8 Å². The van der Waals surface area contributed by atoms with E-state index in [-0.39, 0.29) is 11.7 Å². The van der Waals surface area contributed by atoms with Gasteiger partial charge in [0.25, 0.3) is 5.91 Å². The van der Waals surface area contributed by atoms with E-state index in [0.717, 1.165) is 10.9 Å². The first-order valence-corrected chi connectivity index (χ1v) is 7.10. The first-order valence-electron chi connectivity index (χ1n) is 6.72. The molecule has 112 valence electrons. The number of nitrogens with one attached hydrogen (secondary N) is 1. The molecule has 1 amide bonds. The molecule has 5 heteroatoms. The molecule has 0 radical (unpaired) electrons. The van der Waals surface area contributed by atoms with E-state index in [9.17, 15) is 4.79 Å². The number of aryl methyl sites for hydroxylation is 1. The number of rotatable bonds is 3. The highest BCUT2D eigenvalue weighted by molar-refractivity contribution is 6.31. The van der Waals surface area contributed by atoms with Gasteiger partial charge >= 0.3 is 0 Å². The SMILES string of the molecule is COc1cc(Cl)c(C)cc1NC(=O)c1cc2ccccc2o1. The van der Waals surface area contributed by atoms with Crippen molar-refractivity contribution in [2.75, 3.05) is 12.4 Å². The maximum atomic E-state index is 12.4. The molecule has 0 fully saturated rings. The smallest absolute Gasteiger partial charge is 0.291 e. The van der Waals surface area contributed by atoms with Crippen LogP contribution in [0.4, 0.5) is 5.69 Å². The van der Waals surface area contributed by atoms with Crippen molar-refractivity contribution in [3.8, 4) is 5.75 Å². The number of halogens is 1. The number of ether oxygens (including phenoxy) is 1. The van der Waals surface area contributed by atoms with Crippen molar-refractivity contribution in [3.05, 3.63) is 58.8 Å². The van der Waals surface area contributed by atoms with Gasteiger partial charge in [0.2, 0.25) is 0 Å². The number of hydrogen-bond acceptors (Lipinski definition) is 3. The van der Waals surface area contributed by atoms with Crippen LogP contribution < -0.4 is 10.1 Å². The van der Waals surface area contributed by atoms with Crippen LogP contribution in [0, 0.1) is 6.92 Å². The van der Waals surface area contributed by atoms with Gasteiger partial charge in [-0.3, -0.25) is 4.79 Å². The number of hydrogen-bond donors (Lipinski definition) is 1. The standard InChI is InChI=1S/C17H14ClNO3/c1-10-7-13(15(21-2)9-12(10)18)19-17(20)16-8-11-5-3-4-6-14(11)22-16/h3-9H,1-2H3,(H,19,20). The lowest BCUT2D eigenvalue weighted by Crippen LogP contribution is -2.12. The number of anilines is 1. The van der Waals surface area contributed by atoms with Crippen molar-refractivity contribution < 1.29 is 13.9 Å². The molecule has 0 aliphatic rings. The van der Waals surface area contributed by atoms with Gasteiger partial charge in [0, 0.05) is 16.5 Å². The summed E-state index contributed by atoms with van der Waals surface area (Å²) in [6.07, 6.45) is 0. The first-order chi connectivity index (χ1) is 10.6. The molecule has 1 heterocycles. The maximum absolute atomic E-state index is 12.4. The molecule has 3 rings (SSSR count). The fourth-order valence-corrected chi connectivity index (χ4v) is 2.36. The van der Waals surface area contributed by atoms with Crippen LogP contribution in [0.25, 0.3) is 11.0 Å². The van der Waals surface area contributed by atoms with E-state index >= 15 is 0 Å². The Morgan fingerprint density at radius 2 is 2.00 bits per heavy atom. The number of benzene rings is 2. The van der Waals surface area contributed by atoms with Crippen LogP contribution in [0.3, 0.4) is 0 Å². The van der Waals surface area contributed by atoms with Crippen LogP contribution in [0.15, 0.2) is 46.9 Å². The van der Waals surface area contributed by atoms with E-state index in [2.05, 4.69) is 5.32 Å². The third-order valence-electron chi connectivity index (χ3n) is 3.38. The molecule has 0 bridgehead atoms. The summed E-state index contributed by atoms with van der Waals surface area (Å²) < 4.78 is 10.8. The fraction of sp³-hybridized carbons (Fsp3) is 0.118. The summed E-state index contributed by atoms with van der Waals surface area (Å²) in [5, 5.41) is 4.25. The molecule has 1 aromatic heterocycles. The second-order valence-corrected chi connectivity index (χ2v) is 5.31. The molecule has 0 saturated carbocycles. The van der Waals surface area contributed by atoms with Crippen LogP contribution in [0.5, 0.6) is 5.75 Å². The van der Waals surface area contributed by atoms with E-state index in [1.54, 1.807) is 18.2 Å². The Morgan fingerprint density at radius 3 is 2.73 bits per heavy atom. The number of amides is 1. The minimum Gasteiger partial charge on any atom is -0.495 e. The number of methoxy groups -OCH3 is 1. The van der Waals surface area contributed by atoms with Crippen molar-refractivity contribution in [1.82, 2.24) is 0 Å². The number of furan rings is 1. The lowest BCUT2D eigenvalue weighted by Gasteiger charge is -2.11. The lowest BCUT2D eigenvalue weighted by molar-refractivity contribution is 0.0998. The Labute approximate surface area is 132 Å². The molecular weight excluding hydrogens is 302 g/mol. The van der Waals surface area contributed by atoms with Crippen molar-refractivity contribution in [2.24, 2.45) is 0 Å². The highest BCUT2D eigenvalue weighted by Gasteiger charge is 2.15. The quantitative estimate of drug-likeness (QED) is 0.765. The van der Waals surface area contributed by atoms with Crippen molar-refractivity contribution in [1.29, 1.82) is 0 Å². The highest BCUT2D eigenvalue weighted by Crippen LogP contribution is 2.31. The molecule has 22 heavy (non-hydrogen) atoms. The Balaban J connectivity index is 1.92. The summed E-state index contributed by atoms with van der Waals surface area (Å²) in [6, 6.07) is 12.6. The molecule has 0 aliphatic heterocycles. The Bertz CT molecular complexity index is 821. The fourth-order valence-electron chi connectivity index (χ4n) is 2.21. The lowest BCUT2D eigenvalue weighted by atomic mass is 10.2. The highest BCUT2D eigenvalue weighted by atomic mass is 35.5.